The Morgan fingerprint density at radius 1 is 1.53 bits per heavy atom. The summed E-state index contributed by atoms with van der Waals surface area (Å²) in [6.45, 7) is 3.04. The number of primary amides is 1. The van der Waals surface area contributed by atoms with Crippen molar-refractivity contribution in [2.24, 2.45) is 17.6 Å². The molecule has 0 aromatic rings. The number of nitrogens with two attached hydrogens (primary N) is 1. The first-order chi connectivity index (χ1) is 8.02. The first kappa shape index (κ1) is 13.5. The minimum atomic E-state index is -0.398. The Hall–Kier alpha value is -1.57. The van der Waals surface area contributed by atoms with Crippen LogP contribution in [0.2, 0.25) is 0 Å². The third-order valence-electron chi connectivity index (χ3n) is 2.94. The summed E-state index contributed by atoms with van der Waals surface area (Å²) in [4.78, 5) is 24.2. The molecule has 0 aliphatic carbocycles. The van der Waals surface area contributed by atoms with Crippen molar-refractivity contribution in [3.05, 3.63) is 6.42 Å². The largest absolute Gasteiger partial charge is 0.370 e. The summed E-state index contributed by atoms with van der Waals surface area (Å²) in [5.41, 5.74) is 5.06. The van der Waals surface area contributed by atoms with E-state index in [1.54, 1.807) is 11.8 Å². The SMILES string of the molecule is C[C@@H]([CH]C(=O)N1CCC(C#N)CC1)CC(N)=O. The Labute approximate surface area is 102 Å². The van der Waals surface area contributed by atoms with Crippen LogP contribution in [0.15, 0.2) is 0 Å². The number of likely N-dealkylation sites (tertiary alicyclic amines) is 1. The van der Waals surface area contributed by atoms with Crippen molar-refractivity contribution < 1.29 is 9.59 Å². The summed E-state index contributed by atoms with van der Waals surface area (Å²) in [5, 5.41) is 8.75. The van der Waals surface area contributed by atoms with Gasteiger partial charge in [-0.15, -0.1) is 0 Å². The molecule has 1 aliphatic heterocycles. The lowest BCUT2D eigenvalue weighted by molar-refractivity contribution is -0.129. The van der Waals surface area contributed by atoms with E-state index in [2.05, 4.69) is 6.07 Å². The van der Waals surface area contributed by atoms with Gasteiger partial charge in [0.2, 0.25) is 11.8 Å². The summed E-state index contributed by atoms with van der Waals surface area (Å²) >= 11 is 0. The number of amides is 2. The summed E-state index contributed by atoms with van der Waals surface area (Å²) < 4.78 is 0. The molecule has 2 N–H and O–H groups in total. The lowest BCUT2D eigenvalue weighted by atomic mass is 9.97. The highest BCUT2D eigenvalue weighted by Crippen LogP contribution is 2.18. The molecule has 0 unspecified atom stereocenters. The topological polar surface area (TPSA) is 87.2 Å². The van der Waals surface area contributed by atoms with Crippen LogP contribution in [0.3, 0.4) is 0 Å². The van der Waals surface area contributed by atoms with Crippen molar-refractivity contribution in [3.8, 4) is 6.07 Å². The van der Waals surface area contributed by atoms with Gasteiger partial charge in [0.25, 0.3) is 0 Å². The van der Waals surface area contributed by atoms with E-state index in [-0.39, 0.29) is 24.2 Å². The van der Waals surface area contributed by atoms with E-state index in [0.717, 1.165) is 12.8 Å². The van der Waals surface area contributed by atoms with E-state index in [1.807, 2.05) is 0 Å². The highest BCUT2D eigenvalue weighted by molar-refractivity contribution is 5.86. The summed E-state index contributed by atoms with van der Waals surface area (Å²) in [6, 6.07) is 2.22. The van der Waals surface area contributed by atoms with Crippen LogP contribution >= 0.6 is 0 Å². The Bertz CT molecular complexity index is 327. The van der Waals surface area contributed by atoms with E-state index in [0.29, 0.717) is 13.1 Å². The second-order valence-corrected chi connectivity index (χ2v) is 4.54. The molecule has 5 heteroatoms. The summed E-state index contributed by atoms with van der Waals surface area (Å²) in [5.74, 6) is -0.518. The number of nitriles is 1. The Balaban J connectivity index is 2.34. The van der Waals surface area contributed by atoms with Gasteiger partial charge in [-0.3, -0.25) is 9.59 Å². The van der Waals surface area contributed by atoms with Crippen molar-refractivity contribution in [1.82, 2.24) is 4.90 Å². The molecule has 0 aromatic heterocycles. The maximum absolute atomic E-state index is 11.8. The number of piperidine rings is 1. The van der Waals surface area contributed by atoms with E-state index >= 15 is 0 Å². The fourth-order valence-corrected chi connectivity index (χ4v) is 1.95. The van der Waals surface area contributed by atoms with Crippen LogP contribution < -0.4 is 5.73 Å². The van der Waals surface area contributed by atoms with Gasteiger partial charge in [-0.1, -0.05) is 6.92 Å². The van der Waals surface area contributed by atoms with Gasteiger partial charge in [0.05, 0.1) is 12.5 Å². The molecule has 0 spiro atoms. The average Bonchev–Trinajstić information content (AvgIpc) is 2.28. The Kier molecular flexibility index (Phi) is 4.95. The van der Waals surface area contributed by atoms with Crippen LogP contribution in [0.4, 0.5) is 0 Å². The van der Waals surface area contributed by atoms with Crippen LogP contribution in [0.25, 0.3) is 0 Å². The number of rotatable bonds is 4. The van der Waals surface area contributed by atoms with Gasteiger partial charge < -0.3 is 10.6 Å². The number of hydrogen-bond acceptors (Lipinski definition) is 3. The summed E-state index contributed by atoms with van der Waals surface area (Å²) in [6.07, 6.45) is 3.21. The molecular weight excluding hydrogens is 218 g/mol. The van der Waals surface area contributed by atoms with Gasteiger partial charge in [0.15, 0.2) is 0 Å². The molecule has 1 atom stereocenters. The maximum Gasteiger partial charge on any atom is 0.226 e. The molecule has 2 amide bonds. The zero-order valence-corrected chi connectivity index (χ0v) is 10.1. The smallest absolute Gasteiger partial charge is 0.226 e. The number of nitrogens with zero attached hydrogens (tertiary/aromatic N) is 2. The van der Waals surface area contributed by atoms with Crippen LogP contribution in [-0.2, 0) is 9.59 Å². The normalized spacial score (nSPS) is 18.5. The van der Waals surface area contributed by atoms with Crippen molar-refractivity contribution in [2.75, 3.05) is 13.1 Å². The molecule has 1 fully saturated rings. The number of carbonyl (C=O) groups is 2. The zero-order valence-electron chi connectivity index (χ0n) is 10.1. The van der Waals surface area contributed by atoms with Crippen LogP contribution in [-0.4, -0.2) is 29.8 Å². The molecular formula is C12H18N3O2. The molecule has 1 radical (unpaired) electrons. The second-order valence-electron chi connectivity index (χ2n) is 4.54. The van der Waals surface area contributed by atoms with Crippen LogP contribution in [0.1, 0.15) is 26.2 Å². The Morgan fingerprint density at radius 2 is 2.12 bits per heavy atom. The summed E-state index contributed by atoms with van der Waals surface area (Å²) in [7, 11) is 0. The molecule has 1 aliphatic rings. The van der Waals surface area contributed by atoms with Crippen LogP contribution in [0.5, 0.6) is 0 Å². The van der Waals surface area contributed by atoms with Gasteiger partial charge in [0, 0.05) is 25.4 Å². The van der Waals surface area contributed by atoms with E-state index < -0.39 is 5.91 Å². The lowest BCUT2D eigenvalue weighted by Crippen LogP contribution is -2.39. The molecule has 0 saturated carbocycles. The minimum absolute atomic E-state index is 0.0601. The fraction of sp³-hybridized carbons (Fsp3) is 0.667. The van der Waals surface area contributed by atoms with Gasteiger partial charge in [-0.05, 0) is 18.8 Å². The molecule has 0 aromatic carbocycles. The molecule has 1 rings (SSSR count). The highest BCUT2D eigenvalue weighted by Gasteiger charge is 2.23. The highest BCUT2D eigenvalue weighted by atomic mass is 16.2. The van der Waals surface area contributed by atoms with Crippen molar-refractivity contribution in [1.29, 1.82) is 5.26 Å². The molecule has 0 bridgehead atoms. The lowest BCUT2D eigenvalue weighted by Gasteiger charge is -2.29. The zero-order chi connectivity index (χ0) is 12.8. The van der Waals surface area contributed by atoms with E-state index in [1.165, 1.54) is 6.42 Å². The van der Waals surface area contributed by atoms with Gasteiger partial charge >= 0.3 is 0 Å². The van der Waals surface area contributed by atoms with Crippen molar-refractivity contribution >= 4 is 11.8 Å². The first-order valence-electron chi connectivity index (χ1n) is 5.84. The third-order valence-corrected chi connectivity index (χ3v) is 2.94. The van der Waals surface area contributed by atoms with Crippen molar-refractivity contribution in [2.45, 2.75) is 26.2 Å². The number of hydrogen-bond donors (Lipinski definition) is 1. The minimum Gasteiger partial charge on any atom is -0.370 e. The molecule has 93 valence electrons. The molecule has 17 heavy (non-hydrogen) atoms. The molecule has 1 saturated heterocycles. The van der Waals surface area contributed by atoms with E-state index in [9.17, 15) is 9.59 Å². The van der Waals surface area contributed by atoms with Crippen LogP contribution in [0, 0.1) is 29.6 Å². The Morgan fingerprint density at radius 3 is 2.59 bits per heavy atom. The standard InChI is InChI=1S/C12H18N3O2/c1-9(6-11(14)16)7-12(17)15-4-2-10(8-13)3-5-15/h7,9-10H,2-6H2,1H3,(H2,14,16)/t9-/m1/s1. The number of carbonyl (C=O) groups excluding carboxylic acids is 2. The first-order valence-corrected chi connectivity index (χ1v) is 5.84. The van der Waals surface area contributed by atoms with Gasteiger partial charge in [-0.2, -0.15) is 5.26 Å². The third kappa shape index (κ3) is 4.43. The quantitative estimate of drug-likeness (QED) is 0.769. The average molecular weight is 236 g/mol. The van der Waals surface area contributed by atoms with E-state index in [4.69, 9.17) is 11.0 Å². The van der Waals surface area contributed by atoms with Gasteiger partial charge in [0.1, 0.15) is 0 Å². The fourth-order valence-electron chi connectivity index (χ4n) is 1.95. The second kappa shape index (κ2) is 6.24. The predicted octanol–water partition coefficient (Wildman–Crippen LogP) is 0.464. The predicted molar refractivity (Wildman–Crippen MR) is 62.2 cm³/mol. The monoisotopic (exact) mass is 236 g/mol. The molecule has 5 nitrogen and oxygen atoms in total. The van der Waals surface area contributed by atoms with Gasteiger partial charge in [-0.25, -0.2) is 0 Å². The molecule has 1 heterocycles. The maximum atomic E-state index is 11.8. The van der Waals surface area contributed by atoms with Crippen molar-refractivity contribution in [3.63, 3.8) is 0 Å².